The van der Waals surface area contributed by atoms with Gasteiger partial charge in [0, 0.05) is 36.2 Å². The number of likely N-dealkylation sites (tertiary alicyclic amines) is 1. The summed E-state index contributed by atoms with van der Waals surface area (Å²) in [7, 11) is 0. The van der Waals surface area contributed by atoms with Gasteiger partial charge in [-0.3, -0.25) is 9.59 Å². The number of piperidine rings is 1. The lowest BCUT2D eigenvalue weighted by Gasteiger charge is -2.40. The Balaban J connectivity index is 1.52. The molecule has 1 heterocycles. The van der Waals surface area contributed by atoms with E-state index >= 15 is 0 Å². The first-order valence-electron chi connectivity index (χ1n) is 9.46. The van der Waals surface area contributed by atoms with E-state index in [2.05, 4.69) is 12.2 Å². The van der Waals surface area contributed by atoms with Gasteiger partial charge in [0.1, 0.15) is 0 Å². The van der Waals surface area contributed by atoms with Crippen molar-refractivity contribution in [3.05, 3.63) is 35.9 Å². The quantitative estimate of drug-likeness (QED) is 0.884. The van der Waals surface area contributed by atoms with Crippen LogP contribution in [0.4, 0.5) is 0 Å². The van der Waals surface area contributed by atoms with Gasteiger partial charge in [-0.25, -0.2) is 0 Å². The lowest BCUT2D eigenvalue weighted by molar-refractivity contribution is -0.140. The van der Waals surface area contributed by atoms with E-state index in [1.165, 1.54) is 0 Å². The lowest BCUT2D eigenvalue weighted by Crippen LogP contribution is -2.52. The number of benzene rings is 1. The predicted octanol–water partition coefficient (Wildman–Crippen LogP) is 2.31. The number of nitrogens with two attached hydrogens (primary N) is 1. The van der Waals surface area contributed by atoms with Crippen LogP contribution in [0.15, 0.2) is 30.3 Å². The minimum Gasteiger partial charge on any atom is -0.349 e. The summed E-state index contributed by atoms with van der Waals surface area (Å²) < 4.78 is 0. The fourth-order valence-electron chi connectivity index (χ4n) is 4.09. The van der Waals surface area contributed by atoms with Crippen LogP contribution in [-0.2, 0) is 4.79 Å². The second kappa shape index (κ2) is 8.00. The van der Waals surface area contributed by atoms with Gasteiger partial charge in [-0.05, 0) is 57.6 Å². The van der Waals surface area contributed by atoms with Crippen molar-refractivity contribution >= 4 is 11.8 Å². The van der Waals surface area contributed by atoms with E-state index < -0.39 is 0 Å². The number of amides is 2. The van der Waals surface area contributed by atoms with E-state index in [0.717, 1.165) is 45.1 Å². The van der Waals surface area contributed by atoms with E-state index in [1.54, 1.807) is 0 Å². The molecule has 5 nitrogen and oxygen atoms in total. The zero-order valence-corrected chi connectivity index (χ0v) is 15.0. The lowest BCUT2D eigenvalue weighted by atomic mass is 9.84. The molecule has 0 bridgehead atoms. The highest BCUT2D eigenvalue weighted by molar-refractivity contribution is 5.94. The number of hydrogen-bond acceptors (Lipinski definition) is 3. The Morgan fingerprint density at radius 3 is 2.40 bits per heavy atom. The van der Waals surface area contributed by atoms with Crippen LogP contribution in [0.2, 0.25) is 0 Å². The molecule has 3 N–H and O–H groups in total. The van der Waals surface area contributed by atoms with Gasteiger partial charge >= 0.3 is 0 Å². The molecule has 3 rings (SSSR count). The van der Waals surface area contributed by atoms with Crippen molar-refractivity contribution in [1.29, 1.82) is 0 Å². The molecule has 1 saturated heterocycles. The normalized spacial score (nSPS) is 29.9. The molecule has 1 aromatic carbocycles. The van der Waals surface area contributed by atoms with Crippen molar-refractivity contribution in [3.8, 4) is 0 Å². The maximum absolute atomic E-state index is 12.8. The number of nitrogens with one attached hydrogen (secondary N) is 1. The van der Waals surface area contributed by atoms with E-state index in [9.17, 15) is 9.59 Å². The van der Waals surface area contributed by atoms with Crippen molar-refractivity contribution < 1.29 is 9.59 Å². The third kappa shape index (κ3) is 4.40. The molecule has 2 aliphatic rings. The van der Waals surface area contributed by atoms with Crippen LogP contribution >= 0.6 is 0 Å². The Hall–Kier alpha value is -1.88. The zero-order chi connectivity index (χ0) is 17.8. The van der Waals surface area contributed by atoms with Crippen LogP contribution in [0.1, 0.15) is 55.8 Å². The summed E-state index contributed by atoms with van der Waals surface area (Å²) in [6.45, 7) is 2.82. The van der Waals surface area contributed by atoms with Gasteiger partial charge in [0.2, 0.25) is 5.91 Å². The number of carbonyl (C=O) groups excluding carboxylic acids is 2. The van der Waals surface area contributed by atoms with E-state index in [0.29, 0.717) is 5.56 Å². The largest absolute Gasteiger partial charge is 0.349 e. The molecular formula is C20H29N3O2. The highest BCUT2D eigenvalue weighted by atomic mass is 16.2. The predicted molar refractivity (Wildman–Crippen MR) is 98.0 cm³/mol. The van der Waals surface area contributed by atoms with E-state index in [4.69, 9.17) is 5.73 Å². The van der Waals surface area contributed by atoms with Crippen molar-refractivity contribution in [3.63, 3.8) is 0 Å². The summed E-state index contributed by atoms with van der Waals surface area (Å²) in [5.74, 6) is 0.392. The molecule has 5 heteroatoms. The smallest absolute Gasteiger partial charge is 0.251 e. The van der Waals surface area contributed by atoms with Gasteiger partial charge in [-0.2, -0.15) is 0 Å². The van der Waals surface area contributed by atoms with Crippen LogP contribution in [0.5, 0.6) is 0 Å². The molecule has 1 aliphatic carbocycles. The van der Waals surface area contributed by atoms with Crippen molar-refractivity contribution in [2.45, 2.75) is 63.6 Å². The van der Waals surface area contributed by atoms with Crippen molar-refractivity contribution in [1.82, 2.24) is 10.2 Å². The van der Waals surface area contributed by atoms with Gasteiger partial charge in [0.25, 0.3) is 5.91 Å². The van der Waals surface area contributed by atoms with Crippen LogP contribution in [0.3, 0.4) is 0 Å². The van der Waals surface area contributed by atoms with Gasteiger partial charge in [0.15, 0.2) is 0 Å². The first kappa shape index (κ1) is 17.9. The standard InChI is InChI=1S/C20H29N3O2/c1-14-13-18(22-19(24)15-5-3-2-4-6-15)11-12-23(14)20(25)16-7-9-17(21)10-8-16/h2-6,14,16-18H,7-13,21H2,1H3,(H,22,24)/t14-,16?,17?,18-/m0/s1. The fraction of sp³-hybridized carbons (Fsp3) is 0.600. The highest BCUT2D eigenvalue weighted by Gasteiger charge is 2.34. The number of carbonyl (C=O) groups is 2. The molecule has 136 valence electrons. The Morgan fingerprint density at radius 1 is 1.08 bits per heavy atom. The zero-order valence-electron chi connectivity index (χ0n) is 15.0. The minimum absolute atomic E-state index is 0.0288. The summed E-state index contributed by atoms with van der Waals surface area (Å²) >= 11 is 0. The Kier molecular flexibility index (Phi) is 5.74. The molecule has 0 spiro atoms. The summed E-state index contributed by atoms with van der Waals surface area (Å²) in [6, 6.07) is 9.85. The monoisotopic (exact) mass is 343 g/mol. The first-order valence-corrected chi connectivity index (χ1v) is 9.46. The van der Waals surface area contributed by atoms with Crippen LogP contribution in [0, 0.1) is 5.92 Å². The number of nitrogens with zero attached hydrogens (tertiary/aromatic N) is 1. The Labute approximate surface area is 150 Å². The van der Waals surface area contributed by atoms with Crippen molar-refractivity contribution in [2.75, 3.05) is 6.54 Å². The summed E-state index contributed by atoms with van der Waals surface area (Å²) in [5.41, 5.74) is 6.64. The van der Waals surface area contributed by atoms with Gasteiger partial charge in [-0.1, -0.05) is 18.2 Å². The SMILES string of the molecule is C[C@H]1C[C@@H](NC(=O)c2ccccc2)CCN1C(=O)C1CCC(N)CC1. The summed E-state index contributed by atoms with van der Waals surface area (Å²) in [4.78, 5) is 27.1. The number of hydrogen-bond donors (Lipinski definition) is 2. The van der Waals surface area contributed by atoms with E-state index in [1.807, 2.05) is 35.2 Å². The molecule has 25 heavy (non-hydrogen) atoms. The van der Waals surface area contributed by atoms with Crippen LogP contribution < -0.4 is 11.1 Å². The Bertz CT molecular complexity index is 596. The molecule has 1 aliphatic heterocycles. The molecule has 0 unspecified atom stereocenters. The van der Waals surface area contributed by atoms with Crippen LogP contribution in [0.25, 0.3) is 0 Å². The number of rotatable bonds is 3. The second-order valence-electron chi connectivity index (χ2n) is 7.55. The fourth-order valence-corrected chi connectivity index (χ4v) is 4.09. The second-order valence-corrected chi connectivity index (χ2v) is 7.55. The highest BCUT2D eigenvalue weighted by Crippen LogP contribution is 2.28. The Morgan fingerprint density at radius 2 is 1.76 bits per heavy atom. The molecule has 1 aromatic rings. The van der Waals surface area contributed by atoms with Gasteiger partial charge in [-0.15, -0.1) is 0 Å². The molecule has 2 fully saturated rings. The van der Waals surface area contributed by atoms with Crippen molar-refractivity contribution in [2.24, 2.45) is 11.7 Å². The first-order chi connectivity index (χ1) is 12.0. The maximum Gasteiger partial charge on any atom is 0.251 e. The topological polar surface area (TPSA) is 75.4 Å². The maximum atomic E-state index is 12.8. The van der Waals surface area contributed by atoms with Gasteiger partial charge in [0.05, 0.1) is 0 Å². The summed E-state index contributed by atoms with van der Waals surface area (Å²) in [5, 5.41) is 3.12. The summed E-state index contributed by atoms with van der Waals surface area (Å²) in [6.07, 6.45) is 5.37. The average molecular weight is 343 g/mol. The third-order valence-corrected chi connectivity index (χ3v) is 5.65. The van der Waals surface area contributed by atoms with Gasteiger partial charge < -0.3 is 16.0 Å². The average Bonchev–Trinajstić information content (AvgIpc) is 2.62. The van der Waals surface area contributed by atoms with Crippen LogP contribution in [-0.4, -0.2) is 41.4 Å². The third-order valence-electron chi connectivity index (χ3n) is 5.65. The molecule has 0 radical (unpaired) electrons. The molecular weight excluding hydrogens is 314 g/mol. The molecule has 0 aromatic heterocycles. The van der Waals surface area contributed by atoms with E-state index in [-0.39, 0.29) is 35.9 Å². The molecule has 2 atom stereocenters. The molecule has 2 amide bonds. The molecule has 1 saturated carbocycles. The minimum atomic E-state index is -0.0288.